The molecule has 6 nitrogen and oxygen atoms in total. The van der Waals surface area contributed by atoms with E-state index in [4.69, 9.17) is 0 Å². The van der Waals surface area contributed by atoms with Gasteiger partial charge in [-0.1, -0.05) is 12.1 Å². The zero-order valence-corrected chi connectivity index (χ0v) is 11.4. The molecule has 1 amide bonds. The van der Waals surface area contributed by atoms with Crippen molar-refractivity contribution in [3.8, 4) is 0 Å². The summed E-state index contributed by atoms with van der Waals surface area (Å²) in [4.78, 5) is 25.5. The number of anilines is 1. The summed E-state index contributed by atoms with van der Waals surface area (Å²) in [5, 5.41) is 2.52. The van der Waals surface area contributed by atoms with Gasteiger partial charge in [-0.2, -0.15) is 0 Å². The van der Waals surface area contributed by atoms with Gasteiger partial charge in [-0.05, 0) is 24.3 Å². The second-order valence-corrected chi connectivity index (χ2v) is 6.20. The Morgan fingerprint density at radius 3 is 2.50 bits per heavy atom. The normalized spacial score (nSPS) is 11.1. The van der Waals surface area contributed by atoms with Crippen molar-refractivity contribution in [3.05, 3.63) is 58.5 Å². The fourth-order valence-corrected chi connectivity index (χ4v) is 2.25. The van der Waals surface area contributed by atoms with Gasteiger partial charge in [0, 0.05) is 18.0 Å². The maximum atomic E-state index is 11.9. The van der Waals surface area contributed by atoms with Crippen LogP contribution in [0.5, 0.6) is 0 Å². The van der Waals surface area contributed by atoms with E-state index in [1.165, 1.54) is 36.4 Å². The summed E-state index contributed by atoms with van der Waals surface area (Å²) in [6.45, 7) is 0. The number of aromatic amines is 1. The Morgan fingerprint density at radius 2 is 1.85 bits per heavy atom. The van der Waals surface area contributed by atoms with Crippen molar-refractivity contribution in [1.29, 1.82) is 0 Å². The van der Waals surface area contributed by atoms with E-state index < -0.39 is 15.7 Å². The number of rotatable bonds is 3. The molecule has 0 aliphatic heterocycles. The lowest BCUT2D eigenvalue weighted by Gasteiger charge is -2.06. The molecule has 0 fully saturated rings. The molecule has 1 aromatic carbocycles. The molecular formula is C13H12N2O4S. The number of H-pyrrole nitrogens is 1. The van der Waals surface area contributed by atoms with Gasteiger partial charge < -0.3 is 10.3 Å². The third-order valence-electron chi connectivity index (χ3n) is 2.53. The highest BCUT2D eigenvalue weighted by molar-refractivity contribution is 7.90. The summed E-state index contributed by atoms with van der Waals surface area (Å²) >= 11 is 0. The Labute approximate surface area is 115 Å². The largest absolute Gasteiger partial charge is 0.321 e. The lowest BCUT2D eigenvalue weighted by atomic mass is 10.3. The summed E-state index contributed by atoms with van der Waals surface area (Å²) in [6, 6.07) is 10.1. The van der Waals surface area contributed by atoms with Crippen LogP contribution in [0.2, 0.25) is 0 Å². The molecule has 7 heteroatoms. The van der Waals surface area contributed by atoms with Gasteiger partial charge in [0.05, 0.1) is 4.90 Å². The number of benzene rings is 1. The van der Waals surface area contributed by atoms with Crippen molar-refractivity contribution in [2.24, 2.45) is 0 Å². The van der Waals surface area contributed by atoms with Crippen molar-refractivity contribution in [1.82, 2.24) is 4.98 Å². The molecule has 0 aliphatic carbocycles. The van der Waals surface area contributed by atoms with Crippen LogP contribution < -0.4 is 10.9 Å². The van der Waals surface area contributed by atoms with Gasteiger partial charge in [0.1, 0.15) is 5.69 Å². The first kappa shape index (κ1) is 14.0. The van der Waals surface area contributed by atoms with E-state index in [-0.39, 0.29) is 16.1 Å². The first-order chi connectivity index (χ1) is 9.36. The van der Waals surface area contributed by atoms with Crippen molar-refractivity contribution in [2.45, 2.75) is 4.90 Å². The summed E-state index contributed by atoms with van der Waals surface area (Å²) in [6.07, 6.45) is 1.09. The van der Waals surface area contributed by atoms with Crippen molar-refractivity contribution < 1.29 is 13.2 Å². The highest BCUT2D eigenvalue weighted by Gasteiger charge is 2.10. The molecule has 0 aliphatic rings. The van der Waals surface area contributed by atoms with Crippen LogP contribution in [0.1, 0.15) is 10.5 Å². The molecule has 2 aromatic rings. The molecule has 104 valence electrons. The predicted molar refractivity (Wildman–Crippen MR) is 74.6 cm³/mol. The number of hydrogen-bond acceptors (Lipinski definition) is 4. The fraction of sp³-hybridized carbons (Fsp3) is 0.0769. The number of carbonyl (C=O) groups excluding carboxylic acids is 1. The highest BCUT2D eigenvalue weighted by Crippen LogP contribution is 2.15. The number of amides is 1. The molecule has 20 heavy (non-hydrogen) atoms. The van der Waals surface area contributed by atoms with Gasteiger partial charge in [-0.25, -0.2) is 8.42 Å². The molecule has 0 atom stereocenters. The Morgan fingerprint density at radius 1 is 1.15 bits per heavy atom. The second-order valence-electron chi connectivity index (χ2n) is 4.18. The average Bonchev–Trinajstić information content (AvgIpc) is 2.38. The average molecular weight is 292 g/mol. The van der Waals surface area contributed by atoms with Crippen LogP contribution in [0, 0.1) is 0 Å². The minimum Gasteiger partial charge on any atom is -0.321 e. The quantitative estimate of drug-likeness (QED) is 0.883. The SMILES string of the molecule is CS(=O)(=O)c1cccc(NC(=O)c2cccc(=O)[nH]2)c1. The van der Waals surface area contributed by atoms with Gasteiger partial charge >= 0.3 is 0 Å². The topological polar surface area (TPSA) is 96.1 Å². The maximum absolute atomic E-state index is 11.9. The van der Waals surface area contributed by atoms with E-state index >= 15 is 0 Å². The monoisotopic (exact) mass is 292 g/mol. The smallest absolute Gasteiger partial charge is 0.272 e. The first-order valence-electron chi connectivity index (χ1n) is 5.67. The Kier molecular flexibility index (Phi) is 3.71. The number of hydrogen-bond donors (Lipinski definition) is 2. The minimum absolute atomic E-state index is 0.0993. The van der Waals surface area contributed by atoms with Gasteiger partial charge in [0.25, 0.3) is 5.91 Å². The summed E-state index contributed by atoms with van der Waals surface area (Å²) < 4.78 is 22.9. The second kappa shape index (κ2) is 5.30. The lowest BCUT2D eigenvalue weighted by Crippen LogP contribution is -2.18. The number of sulfone groups is 1. The van der Waals surface area contributed by atoms with Crippen LogP contribution in [0.3, 0.4) is 0 Å². The Hall–Kier alpha value is -2.41. The highest BCUT2D eigenvalue weighted by atomic mass is 32.2. The maximum Gasteiger partial charge on any atom is 0.272 e. The van der Waals surface area contributed by atoms with E-state index in [1.54, 1.807) is 6.07 Å². The van der Waals surface area contributed by atoms with Gasteiger partial charge in [-0.15, -0.1) is 0 Å². The van der Waals surface area contributed by atoms with Crippen LogP contribution in [-0.4, -0.2) is 25.6 Å². The van der Waals surface area contributed by atoms with Crippen LogP contribution >= 0.6 is 0 Å². The molecule has 0 saturated heterocycles. The van der Waals surface area contributed by atoms with E-state index in [9.17, 15) is 18.0 Å². The zero-order valence-electron chi connectivity index (χ0n) is 10.6. The number of carbonyl (C=O) groups is 1. The fourth-order valence-electron chi connectivity index (χ4n) is 1.58. The molecule has 0 spiro atoms. The molecule has 2 rings (SSSR count). The number of aromatic nitrogens is 1. The lowest BCUT2D eigenvalue weighted by molar-refractivity contribution is 0.102. The molecule has 0 radical (unpaired) electrons. The molecule has 1 aromatic heterocycles. The van der Waals surface area contributed by atoms with E-state index in [0.29, 0.717) is 5.69 Å². The molecule has 0 unspecified atom stereocenters. The van der Waals surface area contributed by atoms with Crippen LogP contribution in [0.25, 0.3) is 0 Å². The van der Waals surface area contributed by atoms with Crippen LogP contribution in [0.15, 0.2) is 52.2 Å². The molecule has 0 saturated carbocycles. The van der Waals surface area contributed by atoms with Crippen molar-refractivity contribution >= 4 is 21.4 Å². The third-order valence-corrected chi connectivity index (χ3v) is 3.64. The Balaban J connectivity index is 2.27. The van der Waals surface area contributed by atoms with Gasteiger partial charge in [-0.3, -0.25) is 9.59 Å². The zero-order chi connectivity index (χ0) is 14.8. The van der Waals surface area contributed by atoms with Crippen molar-refractivity contribution in [2.75, 3.05) is 11.6 Å². The summed E-state index contributed by atoms with van der Waals surface area (Å²) in [5.41, 5.74) is 0.0485. The van der Waals surface area contributed by atoms with E-state index in [2.05, 4.69) is 10.3 Å². The van der Waals surface area contributed by atoms with Crippen LogP contribution in [-0.2, 0) is 9.84 Å². The predicted octanol–water partition coefficient (Wildman–Crippen LogP) is 1.03. The molecule has 0 bridgehead atoms. The number of pyridine rings is 1. The third kappa shape index (κ3) is 3.33. The van der Waals surface area contributed by atoms with Gasteiger partial charge in [0.2, 0.25) is 5.56 Å². The molecule has 2 N–H and O–H groups in total. The minimum atomic E-state index is -3.34. The van der Waals surface area contributed by atoms with Gasteiger partial charge in [0.15, 0.2) is 9.84 Å². The van der Waals surface area contributed by atoms with Crippen LogP contribution in [0.4, 0.5) is 5.69 Å². The standard InChI is InChI=1S/C13H12N2O4S/c1-20(18,19)10-5-2-4-9(8-10)14-13(17)11-6-3-7-12(16)15-11/h2-8H,1H3,(H,14,17)(H,15,16). The Bertz CT molecular complexity index is 809. The number of nitrogens with one attached hydrogen (secondary N) is 2. The molecule has 1 heterocycles. The summed E-state index contributed by atoms with van der Waals surface area (Å²) in [5.74, 6) is -0.520. The summed E-state index contributed by atoms with van der Waals surface area (Å²) in [7, 11) is -3.34. The van der Waals surface area contributed by atoms with Crippen molar-refractivity contribution in [3.63, 3.8) is 0 Å². The van der Waals surface area contributed by atoms with E-state index in [1.807, 2.05) is 0 Å². The molecular weight excluding hydrogens is 280 g/mol. The first-order valence-corrected chi connectivity index (χ1v) is 7.56. The van der Waals surface area contributed by atoms with E-state index in [0.717, 1.165) is 6.26 Å².